The minimum absolute atomic E-state index is 0.191. The van der Waals surface area contributed by atoms with Crippen LogP contribution in [0.15, 0.2) is 53.5 Å². The summed E-state index contributed by atoms with van der Waals surface area (Å²) in [6, 6.07) is 14.0. The van der Waals surface area contributed by atoms with Crippen molar-refractivity contribution >= 4 is 46.5 Å². The van der Waals surface area contributed by atoms with Gasteiger partial charge < -0.3 is 10.6 Å². The molecule has 0 unspecified atom stereocenters. The van der Waals surface area contributed by atoms with Crippen LogP contribution in [0.5, 0.6) is 0 Å². The molecule has 0 radical (unpaired) electrons. The van der Waals surface area contributed by atoms with Gasteiger partial charge in [0.05, 0.1) is 18.6 Å². The van der Waals surface area contributed by atoms with Crippen molar-refractivity contribution < 1.29 is 9.18 Å². The Morgan fingerprint density at radius 1 is 1.09 bits per heavy atom. The largest absolute Gasteiger partial charge is 0.384 e. The molecule has 0 saturated heterocycles. The van der Waals surface area contributed by atoms with Crippen molar-refractivity contribution in [2.45, 2.75) is 25.9 Å². The van der Waals surface area contributed by atoms with E-state index in [0.29, 0.717) is 54.4 Å². The van der Waals surface area contributed by atoms with Crippen molar-refractivity contribution in [1.29, 1.82) is 0 Å². The van der Waals surface area contributed by atoms with Crippen LogP contribution in [0.4, 0.5) is 27.4 Å². The van der Waals surface area contributed by atoms with E-state index < -0.39 is 0 Å². The molecule has 2 N–H and O–H groups in total. The van der Waals surface area contributed by atoms with E-state index >= 15 is 0 Å². The Kier molecular flexibility index (Phi) is 5.88. The number of alkyl halides is 1. The molecular weight excluding hydrogens is 469 g/mol. The normalized spacial score (nSPS) is 16.1. The molecule has 0 spiro atoms. The number of anilines is 4. The van der Waals surface area contributed by atoms with Gasteiger partial charge in [-0.3, -0.25) is 14.6 Å². The van der Waals surface area contributed by atoms with Gasteiger partial charge in [0.15, 0.2) is 5.82 Å². The lowest BCUT2D eigenvalue weighted by Crippen LogP contribution is -2.48. The van der Waals surface area contributed by atoms with Crippen molar-refractivity contribution in [3.8, 4) is 0 Å². The first-order chi connectivity index (χ1) is 16.8. The van der Waals surface area contributed by atoms with Crippen molar-refractivity contribution in [3.05, 3.63) is 65.5 Å². The molecule has 0 saturated carbocycles. The number of nitrogens with zero attached hydrogens (tertiary/aromatic N) is 5. The fourth-order valence-corrected chi connectivity index (χ4v) is 4.44. The molecule has 1 aromatic heterocycles. The van der Waals surface area contributed by atoms with E-state index in [4.69, 9.17) is 21.7 Å². The van der Waals surface area contributed by atoms with Gasteiger partial charge in [-0.2, -0.15) is 5.10 Å². The molecule has 5 rings (SSSR count). The van der Waals surface area contributed by atoms with Gasteiger partial charge in [-0.15, -0.1) is 11.6 Å². The number of rotatable bonds is 7. The maximum atomic E-state index is 13.5. The van der Waals surface area contributed by atoms with Crippen molar-refractivity contribution in [2.75, 3.05) is 41.6 Å². The van der Waals surface area contributed by atoms with Crippen LogP contribution in [-0.4, -0.2) is 58.1 Å². The predicted molar refractivity (Wildman–Crippen MR) is 138 cm³/mol. The zero-order valence-electron chi connectivity index (χ0n) is 19.8. The van der Waals surface area contributed by atoms with Crippen LogP contribution in [-0.2, 0) is 6.54 Å². The van der Waals surface area contributed by atoms with Gasteiger partial charge in [-0.1, -0.05) is 12.1 Å². The van der Waals surface area contributed by atoms with Crippen molar-refractivity contribution in [3.63, 3.8) is 0 Å². The molecule has 182 valence electrons. The number of hydrogen-bond acceptors (Lipinski definition) is 6. The summed E-state index contributed by atoms with van der Waals surface area (Å²) < 4.78 is 15.3. The molecule has 1 amide bonds. The SMILES string of the molecule is CN1C(=O)c2c(nn(Cc3ccc(NCCCl)cc3)c2Nc2ccc(F)cc2)N2CC(C)(C)N=C12. The average Bonchev–Trinajstić information content (AvgIpc) is 3.35. The Morgan fingerprint density at radius 3 is 2.46 bits per heavy atom. The predicted octanol–water partition coefficient (Wildman–Crippen LogP) is 4.51. The Hall–Kier alpha value is -3.59. The number of hydrogen-bond donors (Lipinski definition) is 2. The smallest absolute Gasteiger partial charge is 0.267 e. The van der Waals surface area contributed by atoms with E-state index in [-0.39, 0.29) is 17.3 Å². The first kappa shape index (κ1) is 23.2. The second kappa shape index (κ2) is 8.88. The van der Waals surface area contributed by atoms with E-state index in [1.807, 2.05) is 43.0 Å². The van der Waals surface area contributed by atoms with Crippen LogP contribution in [0, 0.1) is 5.82 Å². The molecule has 2 aliphatic rings. The minimum Gasteiger partial charge on any atom is -0.384 e. The summed E-state index contributed by atoms with van der Waals surface area (Å²) in [6.45, 7) is 5.80. The summed E-state index contributed by atoms with van der Waals surface area (Å²) in [6.07, 6.45) is 0. The molecule has 0 bridgehead atoms. The first-order valence-corrected chi connectivity index (χ1v) is 12.0. The Bertz CT molecular complexity index is 1280. The van der Waals surface area contributed by atoms with E-state index in [9.17, 15) is 9.18 Å². The molecule has 8 nitrogen and oxygen atoms in total. The fraction of sp³-hybridized carbons (Fsp3) is 0.320. The molecule has 0 atom stereocenters. The number of benzene rings is 2. The van der Waals surface area contributed by atoms with Gasteiger partial charge in [-0.25, -0.2) is 14.1 Å². The van der Waals surface area contributed by atoms with Gasteiger partial charge in [0.2, 0.25) is 5.96 Å². The lowest BCUT2D eigenvalue weighted by molar-refractivity contribution is 0.0866. The summed E-state index contributed by atoms with van der Waals surface area (Å²) in [5, 5.41) is 11.4. The third-order valence-corrected chi connectivity index (χ3v) is 6.20. The first-order valence-electron chi connectivity index (χ1n) is 11.4. The summed E-state index contributed by atoms with van der Waals surface area (Å²) in [4.78, 5) is 21.8. The van der Waals surface area contributed by atoms with E-state index in [1.165, 1.54) is 12.1 Å². The second-order valence-electron chi connectivity index (χ2n) is 9.32. The molecular formula is C25H27ClFN7O. The van der Waals surface area contributed by atoms with Crippen molar-refractivity contribution in [2.24, 2.45) is 4.99 Å². The highest BCUT2D eigenvalue weighted by atomic mass is 35.5. The second-order valence-corrected chi connectivity index (χ2v) is 9.70. The molecule has 0 aliphatic carbocycles. The zero-order valence-corrected chi connectivity index (χ0v) is 20.6. The number of amides is 1. The maximum absolute atomic E-state index is 13.5. The van der Waals surface area contributed by atoms with Crippen LogP contribution in [0.1, 0.15) is 29.8 Å². The van der Waals surface area contributed by atoms with Gasteiger partial charge in [0.25, 0.3) is 5.91 Å². The van der Waals surface area contributed by atoms with E-state index in [2.05, 4.69) is 10.6 Å². The van der Waals surface area contributed by atoms with Crippen LogP contribution < -0.4 is 15.5 Å². The van der Waals surface area contributed by atoms with Crippen molar-refractivity contribution in [1.82, 2.24) is 14.7 Å². The van der Waals surface area contributed by atoms with E-state index in [1.54, 1.807) is 28.8 Å². The lowest BCUT2D eigenvalue weighted by Gasteiger charge is -2.30. The number of aliphatic imine (C=N–C) groups is 1. The minimum atomic E-state index is -0.342. The Morgan fingerprint density at radius 2 is 1.77 bits per heavy atom. The number of halogens is 2. The number of nitrogens with one attached hydrogen (secondary N) is 2. The van der Waals surface area contributed by atoms with Gasteiger partial charge in [0, 0.05) is 30.8 Å². The molecule has 0 fully saturated rings. The standard InChI is InChI=1S/C25H27ClFN7O/c1-25(2)15-33-22-20(23(35)32(3)24(33)30-25)21(29-19-10-6-17(27)7-11-19)34(31-22)14-16-4-8-18(9-5-16)28-13-12-26/h4-11,28-29H,12-15H2,1-3H3. The fourth-order valence-electron chi connectivity index (χ4n) is 4.35. The van der Waals surface area contributed by atoms with Crippen LogP contribution in [0.2, 0.25) is 0 Å². The quantitative estimate of drug-likeness (QED) is 0.472. The third-order valence-electron chi connectivity index (χ3n) is 6.01. The molecule has 2 aliphatic heterocycles. The highest BCUT2D eigenvalue weighted by Gasteiger charge is 2.45. The molecule has 2 aromatic carbocycles. The van der Waals surface area contributed by atoms with Crippen LogP contribution >= 0.6 is 11.6 Å². The number of carbonyl (C=O) groups excluding carboxylic acids is 1. The monoisotopic (exact) mass is 495 g/mol. The third kappa shape index (κ3) is 4.43. The maximum Gasteiger partial charge on any atom is 0.267 e. The van der Waals surface area contributed by atoms with Gasteiger partial charge in [0.1, 0.15) is 17.2 Å². The number of guanidine groups is 1. The molecule has 3 heterocycles. The Balaban J connectivity index is 1.55. The van der Waals surface area contributed by atoms with Crippen LogP contribution in [0.3, 0.4) is 0 Å². The lowest BCUT2D eigenvalue weighted by atomic mass is 10.1. The topological polar surface area (TPSA) is 77.8 Å². The highest BCUT2D eigenvalue weighted by Crippen LogP contribution is 2.38. The van der Waals surface area contributed by atoms with Crippen LogP contribution in [0.25, 0.3) is 0 Å². The summed E-state index contributed by atoms with van der Waals surface area (Å²) in [7, 11) is 1.73. The van der Waals surface area contributed by atoms with E-state index in [0.717, 1.165) is 11.3 Å². The number of aromatic nitrogens is 2. The molecule has 10 heteroatoms. The Labute approximate surface area is 208 Å². The molecule has 3 aromatic rings. The molecule has 35 heavy (non-hydrogen) atoms. The van der Waals surface area contributed by atoms with Gasteiger partial charge >= 0.3 is 0 Å². The average molecular weight is 496 g/mol. The number of fused-ring (bicyclic) bond motifs is 3. The highest BCUT2D eigenvalue weighted by molar-refractivity contribution is 6.21. The number of carbonyl (C=O) groups is 1. The summed E-state index contributed by atoms with van der Waals surface area (Å²) in [5.74, 6) is 1.73. The van der Waals surface area contributed by atoms with Gasteiger partial charge in [-0.05, 0) is 55.8 Å². The summed E-state index contributed by atoms with van der Waals surface area (Å²) in [5.41, 5.74) is 2.78. The zero-order chi connectivity index (χ0) is 24.7. The summed E-state index contributed by atoms with van der Waals surface area (Å²) >= 11 is 5.77.